The van der Waals surface area contributed by atoms with Gasteiger partial charge in [-0.3, -0.25) is 0 Å². The van der Waals surface area contributed by atoms with Crippen LogP contribution in [0.25, 0.3) is 5.69 Å². The maximum atomic E-state index is 14.8. The molecule has 3 heterocycles. The van der Waals surface area contributed by atoms with E-state index >= 15 is 0 Å². The van der Waals surface area contributed by atoms with Crippen LogP contribution in [0, 0.1) is 5.95 Å². The number of benzene rings is 2. The molecule has 9 nitrogen and oxygen atoms in total. The summed E-state index contributed by atoms with van der Waals surface area (Å²) in [6.07, 6.45) is -8.78. The summed E-state index contributed by atoms with van der Waals surface area (Å²) in [7, 11) is 0. The summed E-state index contributed by atoms with van der Waals surface area (Å²) in [4.78, 5) is 14.9. The van der Waals surface area contributed by atoms with Crippen LogP contribution in [0.2, 0.25) is 0 Å². The van der Waals surface area contributed by atoms with Crippen LogP contribution in [0.4, 0.5) is 26.3 Å². The van der Waals surface area contributed by atoms with E-state index in [-0.39, 0.29) is 46.2 Å². The van der Waals surface area contributed by atoms with Crippen molar-refractivity contribution >= 4 is 5.97 Å². The molecule has 4 aromatic rings. The molecule has 0 bridgehead atoms. The molecule has 2 aromatic carbocycles. The number of carboxylic acid groups (broad SMARTS) is 1. The number of halogens is 6. The van der Waals surface area contributed by atoms with Gasteiger partial charge in [0.05, 0.1) is 23.1 Å². The van der Waals surface area contributed by atoms with E-state index in [4.69, 9.17) is 14.6 Å². The van der Waals surface area contributed by atoms with Crippen LogP contribution in [-0.4, -0.2) is 32.1 Å². The molecule has 0 saturated heterocycles. The molecule has 1 unspecified atom stereocenters. The molecule has 2 aliphatic rings. The van der Waals surface area contributed by atoms with E-state index in [1.54, 1.807) is 0 Å². The Morgan fingerprint density at radius 1 is 1.11 bits per heavy atom. The molecule has 0 fully saturated rings. The first-order chi connectivity index (χ1) is 20.8. The van der Waals surface area contributed by atoms with Gasteiger partial charge in [0.2, 0.25) is 0 Å². The monoisotopic (exact) mass is 621 g/mol. The second-order valence-electron chi connectivity index (χ2n) is 10.1. The van der Waals surface area contributed by atoms with Crippen LogP contribution in [0.5, 0.6) is 23.0 Å². The second-order valence-corrected chi connectivity index (χ2v) is 10.1. The van der Waals surface area contributed by atoms with E-state index in [2.05, 4.69) is 19.6 Å². The zero-order valence-corrected chi connectivity index (χ0v) is 22.6. The highest BCUT2D eigenvalue weighted by molar-refractivity contribution is 5.87. The second kappa shape index (κ2) is 10.6. The lowest BCUT2D eigenvalue weighted by Crippen LogP contribution is -2.25. The van der Waals surface area contributed by atoms with Crippen molar-refractivity contribution in [2.75, 3.05) is 0 Å². The number of aromatic nitrogens is 3. The first-order valence-corrected chi connectivity index (χ1v) is 13.2. The van der Waals surface area contributed by atoms with E-state index in [1.165, 1.54) is 49.4 Å². The van der Waals surface area contributed by atoms with Crippen LogP contribution in [0.3, 0.4) is 0 Å². The van der Waals surface area contributed by atoms with Crippen molar-refractivity contribution in [2.45, 2.75) is 50.9 Å². The Morgan fingerprint density at radius 3 is 2.55 bits per heavy atom. The number of ether oxygens (including phenoxy) is 4. The minimum atomic E-state index is -4.81. The van der Waals surface area contributed by atoms with Crippen molar-refractivity contribution in [1.82, 2.24) is 14.8 Å². The summed E-state index contributed by atoms with van der Waals surface area (Å²) in [5.41, 5.74) is -0.873. The van der Waals surface area contributed by atoms with Crippen LogP contribution in [-0.2, 0) is 12.6 Å². The summed E-state index contributed by atoms with van der Waals surface area (Å²) < 4.78 is 105. The first-order valence-electron chi connectivity index (χ1n) is 13.2. The lowest BCUT2D eigenvalue weighted by Gasteiger charge is -2.26. The molecule has 0 saturated carbocycles. The zero-order chi connectivity index (χ0) is 31.4. The molecule has 2 aromatic heterocycles. The molecule has 15 heteroatoms. The van der Waals surface area contributed by atoms with E-state index in [0.29, 0.717) is 18.4 Å². The highest BCUT2D eigenvalue weighted by atomic mass is 19.4. The lowest BCUT2D eigenvalue weighted by atomic mass is 9.93. The Balaban J connectivity index is 1.34. The van der Waals surface area contributed by atoms with Gasteiger partial charge in [-0.15, -0.1) is 8.78 Å². The fraction of sp³-hybridized carbons (Fsp3) is 0.276. The number of pyridine rings is 1. The SMILES string of the molecule is C[C@H](Oc1cc(-n2nc(C(F)(F)F)c3c2C(Oc2ccc(C(=O)O)cc2)CCC3)cnc1F)c1ccc2c(c1)OC(F)(F)O2. The Labute approximate surface area is 244 Å². The minimum absolute atomic E-state index is 0.00362. The van der Waals surface area contributed by atoms with Gasteiger partial charge in [-0.1, -0.05) is 6.07 Å². The summed E-state index contributed by atoms with van der Waals surface area (Å²) in [6, 6.07) is 10.4. The van der Waals surface area contributed by atoms with Gasteiger partial charge in [0.25, 0.3) is 5.95 Å². The van der Waals surface area contributed by atoms with Crippen LogP contribution >= 0.6 is 0 Å². The van der Waals surface area contributed by atoms with Gasteiger partial charge >= 0.3 is 18.4 Å². The highest BCUT2D eigenvalue weighted by Gasteiger charge is 2.44. The molecule has 2 atom stereocenters. The predicted molar refractivity (Wildman–Crippen MR) is 138 cm³/mol. The average Bonchev–Trinajstić information content (AvgIpc) is 3.51. The third-order valence-corrected chi connectivity index (χ3v) is 7.10. The van der Waals surface area contributed by atoms with Crippen LogP contribution < -0.4 is 18.9 Å². The summed E-state index contributed by atoms with van der Waals surface area (Å²) in [5.74, 6) is -2.88. The number of carbonyl (C=O) groups is 1. The van der Waals surface area contributed by atoms with Crippen molar-refractivity contribution in [3.63, 3.8) is 0 Å². The maximum absolute atomic E-state index is 14.8. The smallest absolute Gasteiger partial charge is 0.484 e. The first kappa shape index (κ1) is 29.1. The summed E-state index contributed by atoms with van der Waals surface area (Å²) in [5, 5.41) is 13.0. The van der Waals surface area contributed by atoms with Gasteiger partial charge < -0.3 is 24.1 Å². The van der Waals surface area contributed by atoms with Gasteiger partial charge in [0.15, 0.2) is 22.9 Å². The minimum Gasteiger partial charge on any atom is -0.484 e. The lowest BCUT2D eigenvalue weighted by molar-refractivity contribution is -0.286. The van der Waals surface area contributed by atoms with E-state index in [0.717, 1.165) is 16.9 Å². The van der Waals surface area contributed by atoms with E-state index in [1.807, 2.05) is 0 Å². The van der Waals surface area contributed by atoms with Gasteiger partial charge in [0.1, 0.15) is 18.0 Å². The number of fused-ring (bicyclic) bond motifs is 2. The quantitative estimate of drug-likeness (QED) is 0.173. The van der Waals surface area contributed by atoms with Crippen molar-refractivity contribution in [3.8, 4) is 28.7 Å². The normalized spacial score (nSPS) is 17.6. The van der Waals surface area contributed by atoms with Gasteiger partial charge in [-0.05, 0) is 68.1 Å². The van der Waals surface area contributed by atoms with Gasteiger partial charge in [-0.2, -0.15) is 22.7 Å². The molecule has 1 aliphatic carbocycles. The Hall–Kier alpha value is -4.95. The fourth-order valence-electron chi connectivity index (χ4n) is 5.11. The number of rotatable bonds is 7. The summed E-state index contributed by atoms with van der Waals surface area (Å²) in [6.45, 7) is 1.50. The predicted octanol–water partition coefficient (Wildman–Crippen LogP) is 7.04. The van der Waals surface area contributed by atoms with E-state index < -0.39 is 48.0 Å². The molecule has 1 N–H and O–H groups in total. The van der Waals surface area contributed by atoms with Crippen LogP contribution in [0.15, 0.2) is 54.7 Å². The maximum Gasteiger partial charge on any atom is 0.586 e. The number of aromatic carboxylic acids is 1. The number of nitrogens with zero attached hydrogens (tertiary/aromatic N) is 3. The zero-order valence-electron chi connectivity index (χ0n) is 22.6. The molecule has 230 valence electrons. The summed E-state index contributed by atoms with van der Waals surface area (Å²) >= 11 is 0. The number of hydrogen-bond donors (Lipinski definition) is 1. The van der Waals surface area contributed by atoms with Crippen molar-refractivity contribution in [2.24, 2.45) is 0 Å². The Bertz CT molecular complexity index is 1740. The highest BCUT2D eigenvalue weighted by Crippen LogP contribution is 2.44. The third-order valence-electron chi connectivity index (χ3n) is 7.10. The van der Waals surface area contributed by atoms with Crippen molar-refractivity contribution < 1.29 is 55.2 Å². The fourth-order valence-corrected chi connectivity index (χ4v) is 5.11. The number of hydrogen-bond acceptors (Lipinski definition) is 7. The van der Waals surface area contributed by atoms with Crippen molar-refractivity contribution in [1.29, 1.82) is 0 Å². The number of carboxylic acids is 1. The molecule has 0 amide bonds. The van der Waals surface area contributed by atoms with Gasteiger partial charge in [0, 0.05) is 11.6 Å². The Kier molecular flexibility index (Phi) is 7.05. The third kappa shape index (κ3) is 5.56. The Morgan fingerprint density at radius 2 is 1.84 bits per heavy atom. The van der Waals surface area contributed by atoms with Crippen molar-refractivity contribution in [3.05, 3.63) is 88.8 Å². The standard InChI is InChI=1S/C29H21F6N3O6/c1-14(16-7-10-20-22(11-16)44-29(34,35)43-20)41-23-12-17(13-36-26(23)30)38-24-19(25(37-38)28(31,32)33)3-2-4-21(24)42-18-8-5-15(6-9-18)27(39)40/h5-14,21H,2-4H2,1H3,(H,39,40)/t14-,21?/m0/s1. The average molecular weight is 621 g/mol. The largest absolute Gasteiger partial charge is 0.586 e. The topological polar surface area (TPSA) is 105 Å². The molecule has 0 radical (unpaired) electrons. The molecular formula is C29H21F6N3O6. The van der Waals surface area contributed by atoms with E-state index in [9.17, 15) is 31.1 Å². The number of alkyl halides is 5. The molecule has 1 aliphatic heterocycles. The molecular weight excluding hydrogens is 600 g/mol. The molecule has 44 heavy (non-hydrogen) atoms. The van der Waals surface area contributed by atoms with Gasteiger partial charge in [-0.25, -0.2) is 14.5 Å². The van der Waals surface area contributed by atoms with Crippen LogP contribution in [0.1, 0.15) is 64.8 Å². The molecule has 0 spiro atoms. The molecule has 6 rings (SSSR count).